The van der Waals surface area contributed by atoms with Gasteiger partial charge in [0.15, 0.2) is 0 Å². The number of carboxylic acids is 1. The summed E-state index contributed by atoms with van der Waals surface area (Å²) >= 11 is 0. The Bertz CT molecular complexity index is 892. The van der Waals surface area contributed by atoms with E-state index in [1.54, 1.807) is 13.0 Å². The van der Waals surface area contributed by atoms with Crippen LogP contribution < -0.4 is 4.74 Å². The van der Waals surface area contributed by atoms with Crippen molar-refractivity contribution in [3.05, 3.63) is 64.2 Å². The molecule has 0 radical (unpaired) electrons. The number of aliphatic hydroxyl groups is 1. The third kappa shape index (κ3) is 5.92. The molecule has 4 heteroatoms. The first-order valence-electron chi connectivity index (χ1n) is 11.8. The largest absolute Gasteiger partial charge is 0.490 e. The van der Waals surface area contributed by atoms with E-state index in [2.05, 4.69) is 26.0 Å². The topological polar surface area (TPSA) is 66.8 Å². The summed E-state index contributed by atoms with van der Waals surface area (Å²) in [6.07, 6.45) is 1.80. The summed E-state index contributed by atoms with van der Waals surface area (Å²) in [5.74, 6) is -0.0209. The highest BCUT2D eigenvalue weighted by Gasteiger charge is 2.32. The molecule has 0 aromatic heterocycles. The third-order valence-corrected chi connectivity index (χ3v) is 6.71. The second-order valence-corrected chi connectivity index (χ2v) is 8.90. The Balaban J connectivity index is 0.00000249. The molecule has 0 bridgehead atoms. The smallest absolute Gasteiger partial charge is 0.335 e. The third-order valence-electron chi connectivity index (χ3n) is 6.71. The average molecular weight is 443 g/mol. The first-order valence-corrected chi connectivity index (χ1v) is 11.8. The lowest BCUT2D eigenvalue weighted by Crippen LogP contribution is -2.38. The van der Waals surface area contributed by atoms with E-state index in [-0.39, 0.29) is 17.9 Å². The number of hydrogen-bond donors (Lipinski definition) is 2. The van der Waals surface area contributed by atoms with Crippen molar-refractivity contribution in [2.24, 2.45) is 5.92 Å². The van der Waals surface area contributed by atoms with E-state index >= 15 is 0 Å². The molecule has 0 saturated carbocycles. The van der Waals surface area contributed by atoms with Crippen LogP contribution in [0.15, 0.2) is 36.4 Å². The number of rotatable bonds is 9. The van der Waals surface area contributed by atoms with Gasteiger partial charge in [0, 0.05) is 5.41 Å². The molecule has 2 aromatic carbocycles. The Morgan fingerprint density at radius 3 is 1.88 bits per heavy atom. The molecule has 0 aliphatic heterocycles. The van der Waals surface area contributed by atoms with Gasteiger partial charge in [-0.3, -0.25) is 0 Å². The fourth-order valence-corrected chi connectivity index (χ4v) is 3.93. The molecule has 0 aliphatic rings. The van der Waals surface area contributed by atoms with E-state index in [0.717, 1.165) is 35.3 Å². The monoisotopic (exact) mass is 442 g/mol. The molecule has 0 saturated heterocycles. The molecule has 0 heterocycles. The second-order valence-electron chi connectivity index (χ2n) is 8.90. The van der Waals surface area contributed by atoms with Crippen molar-refractivity contribution in [2.75, 3.05) is 6.61 Å². The van der Waals surface area contributed by atoms with Gasteiger partial charge < -0.3 is 14.9 Å². The average Bonchev–Trinajstić information content (AvgIpc) is 2.75. The quantitative estimate of drug-likeness (QED) is 0.442. The van der Waals surface area contributed by atoms with Crippen LogP contribution in [0.4, 0.5) is 0 Å². The van der Waals surface area contributed by atoms with Crippen molar-refractivity contribution in [2.45, 2.75) is 86.2 Å². The molecule has 32 heavy (non-hydrogen) atoms. The molecule has 2 N–H and O–H groups in total. The van der Waals surface area contributed by atoms with Gasteiger partial charge in [-0.2, -0.15) is 0 Å². The van der Waals surface area contributed by atoms with Crippen molar-refractivity contribution in [1.29, 1.82) is 0 Å². The predicted octanol–water partition coefficient (Wildman–Crippen LogP) is 6.92. The molecular formula is C28H42O4. The number of hydrogen-bond acceptors (Lipinski definition) is 3. The Hall–Kier alpha value is -2.33. The van der Waals surface area contributed by atoms with Gasteiger partial charge in [-0.05, 0) is 73.9 Å². The minimum absolute atomic E-state index is 0.0990. The van der Waals surface area contributed by atoms with Crippen LogP contribution in [0.5, 0.6) is 5.75 Å². The highest BCUT2D eigenvalue weighted by atomic mass is 16.5. The fourth-order valence-electron chi connectivity index (χ4n) is 3.93. The van der Waals surface area contributed by atoms with Gasteiger partial charge in [0.25, 0.3) is 0 Å². The summed E-state index contributed by atoms with van der Waals surface area (Å²) in [5, 5.41) is 19.8. The predicted molar refractivity (Wildman–Crippen MR) is 133 cm³/mol. The summed E-state index contributed by atoms with van der Waals surface area (Å²) in [4.78, 5) is 11.4. The lowest BCUT2D eigenvalue weighted by molar-refractivity contribution is -0.0268. The molecular weight excluding hydrogens is 400 g/mol. The zero-order chi connectivity index (χ0) is 24.7. The molecule has 178 valence electrons. The number of carboxylic acid groups (broad SMARTS) is 1. The zero-order valence-corrected chi connectivity index (χ0v) is 21.4. The highest BCUT2D eigenvalue weighted by molar-refractivity contribution is 5.89. The Kier molecular flexibility index (Phi) is 9.96. The summed E-state index contributed by atoms with van der Waals surface area (Å²) in [7, 11) is 0. The summed E-state index contributed by atoms with van der Waals surface area (Å²) in [6.45, 7) is 18.2. The van der Waals surface area contributed by atoms with Crippen LogP contribution in [0.2, 0.25) is 0 Å². The summed E-state index contributed by atoms with van der Waals surface area (Å²) in [6, 6.07) is 11.9. The van der Waals surface area contributed by atoms with Gasteiger partial charge in [0.1, 0.15) is 12.4 Å². The molecule has 0 fully saturated rings. The van der Waals surface area contributed by atoms with Gasteiger partial charge in [0.2, 0.25) is 0 Å². The van der Waals surface area contributed by atoms with Crippen molar-refractivity contribution in [3.8, 4) is 5.75 Å². The lowest BCUT2D eigenvalue weighted by atomic mass is 9.70. The Morgan fingerprint density at radius 2 is 1.47 bits per heavy atom. The maximum absolute atomic E-state index is 11.4. The summed E-state index contributed by atoms with van der Waals surface area (Å²) < 4.78 is 5.95. The van der Waals surface area contributed by atoms with Crippen LogP contribution in [-0.2, 0) is 5.41 Å². The van der Waals surface area contributed by atoms with Gasteiger partial charge in [-0.15, -0.1) is 0 Å². The summed E-state index contributed by atoms with van der Waals surface area (Å²) in [5.41, 5.74) is 3.38. The van der Waals surface area contributed by atoms with Crippen molar-refractivity contribution < 1.29 is 19.7 Å². The molecule has 0 amide bonds. The maximum atomic E-state index is 11.4. The molecule has 1 unspecified atom stereocenters. The van der Waals surface area contributed by atoms with E-state index < -0.39 is 11.6 Å². The fraction of sp³-hybridized carbons (Fsp3) is 0.536. The molecule has 2 rings (SSSR count). The molecule has 0 aliphatic carbocycles. The lowest BCUT2D eigenvalue weighted by Gasteiger charge is -2.34. The minimum atomic E-state index is -0.896. The van der Waals surface area contributed by atoms with Gasteiger partial charge >= 0.3 is 5.97 Å². The van der Waals surface area contributed by atoms with Crippen LogP contribution in [0.1, 0.15) is 93.9 Å². The van der Waals surface area contributed by atoms with E-state index in [0.29, 0.717) is 5.56 Å². The van der Waals surface area contributed by atoms with Crippen molar-refractivity contribution in [3.63, 3.8) is 0 Å². The Morgan fingerprint density at radius 1 is 0.969 bits per heavy atom. The number of aryl methyl sites for hydroxylation is 2. The first-order chi connectivity index (χ1) is 15.0. The van der Waals surface area contributed by atoms with Gasteiger partial charge in [-0.1, -0.05) is 65.8 Å². The van der Waals surface area contributed by atoms with E-state index in [9.17, 15) is 15.0 Å². The number of benzene rings is 2. The van der Waals surface area contributed by atoms with E-state index in [1.165, 1.54) is 5.56 Å². The van der Waals surface area contributed by atoms with Gasteiger partial charge in [-0.25, -0.2) is 4.79 Å². The standard InChI is InChI=1S/C26H36O4.C2H6/c1-8-26(9-2,20-10-12-22(24(27)28)18(5)14-20)21-11-13-23(19(6)15-21)30-16-25(7,29)17(3)4;1-2/h10-15,17,29H,8-9,16H2,1-7H3,(H,27,28);1-2H3. The van der Waals surface area contributed by atoms with Crippen molar-refractivity contribution >= 4 is 5.97 Å². The minimum Gasteiger partial charge on any atom is -0.490 e. The van der Waals surface area contributed by atoms with Crippen molar-refractivity contribution in [1.82, 2.24) is 0 Å². The molecule has 1 atom stereocenters. The zero-order valence-electron chi connectivity index (χ0n) is 21.4. The normalized spacial score (nSPS) is 13.2. The van der Waals surface area contributed by atoms with Crippen LogP contribution in [0, 0.1) is 19.8 Å². The van der Waals surface area contributed by atoms with Crippen LogP contribution in [0.3, 0.4) is 0 Å². The van der Waals surface area contributed by atoms with E-state index in [1.807, 2.05) is 59.7 Å². The second kappa shape index (κ2) is 11.5. The van der Waals surface area contributed by atoms with Gasteiger partial charge in [0.05, 0.1) is 11.2 Å². The molecule has 4 nitrogen and oxygen atoms in total. The number of aromatic carboxylic acids is 1. The number of carbonyl (C=O) groups is 1. The van der Waals surface area contributed by atoms with E-state index in [4.69, 9.17) is 4.74 Å². The Labute approximate surface area is 194 Å². The van der Waals surface area contributed by atoms with Crippen LogP contribution in [0.25, 0.3) is 0 Å². The molecule has 0 spiro atoms. The van der Waals surface area contributed by atoms with Crippen LogP contribution >= 0.6 is 0 Å². The highest BCUT2D eigenvalue weighted by Crippen LogP contribution is 2.41. The maximum Gasteiger partial charge on any atom is 0.335 e. The van der Waals surface area contributed by atoms with Crippen LogP contribution in [-0.4, -0.2) is 28.4 Å². The SMILES string of the molecule is CC.CCC(CC)(c1ccc(OCC(C)(O)C(C)C)c(C)c1)c1ccc(C(=O)O)c(C)c1. The number of ether oxygens (including phenoxy) is 1. The first kappa shape index (κ1) is 27.7. The molecule has 2 aromatic rings.